The smallest absolute Gasteiger partial charge is 0.202 e. The normalized spacial score (nSPS) is 12.4. The number of nitrogens with one attached hydrogen (secondary N) is 1. The van der Waals surface area contributed by atoms with E-state index in [2.05, 4.69) is 42.1 Å². The van der Waals surface area contributed by atoms with Gasteiger partial charge in [-0.2, -0.15) is 0 Å². The molecule has 0 radical (unpaired) electrons. The van der Waals surface area contributed by atoms with E-state index in [1.807, 2.05) is 27.1 Å². The highest BCUT2D eigenvalue weighted by Crippen LogP contribution is 1.96. The maximum absolute atomic E-state index is 4.44. The molecule has 0 unspecified atom stereocenters. The van der Waals surface area contributed by atoms with Crippen molar-refractivity contribution in [2.45, 2.75) is 41.0 Å². The first kappa shape index (κ1) is 14.8. The van der Waals surface area contributed by atoms with Crippen molar-refractivity contribution in [2.75, 3.05) is 13.6 Å². The van der Waals surface area contributed by atoms with Crippen LogP contribution in [0.5, 0.6) is 0 Å². The summed E-state index contributed by atoms with van der Waals surface area (Å²) in [6.45, 7) is 11.3. The average Bonchev–Trinajstić information content (AvgIpc) is 2.23. The Morgan fingerprint density at radius 3 is 2.31 bits per heavy atom. The van der Waals surface area contributed by atoms with Gasteiger partial charge in [0, 0.05) is 25.5 Å². The molecule has 0 spiro atoms. The Hall–Kier alpha value is -1.25. The van der Waals surface area contributed by atoms with Crippen LogP contribution in [0.4, 0.5) is 0 Å². The van der Waals surface area contributed by atoms with Crippen LogP contribution in [0, 0.1) is 0 Å². The number of hydrogen-bond donors (Lipinski definition) is 1. The Labute approximate surface area is 99.9 Å². The Morgan fingerprint density at radius 1 is 1.25 bits per heavy atom. The average molecular weight is 223 g/mol. The van der Waals surface area contributed by atoms with Gasteiger partial charge in [0.25, 0.3) is 0 Å². The van der Waals surface area contributed by atoms with Crippen LogP contribution in [0.1, 0.15) is 41.0 Å². The summed E-state index contributed by atoms with van der Waals surface area (Å²) in [6, 6.07) is 0. The summed E-state index contributed by atoms with van der Waals surface area (Å²) in [5.74, 6) is 0.894. The second kappa shape index (κ2) is 7.97. The maximum Gasteiger partial charge on any atom is 0.202 e. The molecule has 3 heteroatoms. The lowest BCUT2D eigenvalue weighted by Gasteiger charge is -2.20. The van der Waals surface area contributed by atoms with E-state index in [-0.39, 0.29) is 0 Å². The summed E-state index contributed by atoms with van der Waals surface area (Å²) in [7, 11) is 2.03. The van der Waals surface area contributed by atoms with Gasteiger partial charge in [0.15, 0.2) is 0 Å². The van der Waals surface area contributed by atoms with Gasteiger partial charge in [-0.25, -0.2) is 4.99 Å². The van der Waals surface area contributed by atoms with Gasteiger partial charge in [-0.15, -0.1) is 0 Å². The summed E-state index contributed by atoms with van der Waals surface area (Å²) < 4.78 is 0. The van der Waals surface area contributed by atoms with Crippen molar-refractivity contribution in [3.8, 4) is 0 Å². The molecule has 0 aromatic rings. The second-order valence-electron chi connectivity index (χ2n) is 4.09. The summed E-state index contributed by atoms with van der Waals surface area (Å²) in [4.78, 5) is 6.53. The molecule has 0 aliphatic carbocycles. The largest absolute Gasteiger partial charge is 0.346 e. The van der Waals surface area contributed by atoms with E-state index in [9.17, 15) is 0 Å². The second-order valence-corrected chi connectivity index (χ2v) is 4.09. The minimum atomic E-state index is 0.894. The van der Waals surface area contributed by atoms with Crippen LogP contribution in [0.2, 0.25) is 0 Å². The van der Waals surface area contributed by atoms with Crippen molar-refractivity contribution >= 4 is 5.96 Å². The molecule has 0 aliphatic heterocycles. The number of rotatable bonds is 4. The minimum absolute atomic E-state index is 0.894. The number of aliphatic imine (C=N–C) groups is 1. The lowest BCUT2D eigenvalue weighted by atomic mass is 10.3. The zero-order valence-corrected chi connectivity index (χ0v) is 11.5. The molecule has 0 amide bonds. The fourth-order valence-electron chi connectivity index (χ4n) is 1.10. The first-order valence-corrected chi connectivity index (χ1v) is 5.87. The molecule has 3 nitrogen and oxygen atoms in total. The lowest BCUT2D eigenvalue weighted by Crippen LogP contribution is -2.37. The van der Waals surface area contributed by atoms with Gasteiger partial charge in [-0.3, -0.25) is 0 Å². The van der Waals surface area contributed by atoms with Crippen LogP contribution in [-0.4, -0.2) is 24.5 Å². The van der Waals surface area contributed by atoms with Crippen molar-refractivity contribution in [3.63, 3.8) is 0 Å². The van der Waals surface area contributed by atoms with E-state index in [0.717, 1.165) is 24.6 Å². The van der Waals surface area contributed by atoms with Gasteiger partial charge in [-0.05, 0) is 34.1 Å². The lowest BCUT2D eigenvalue weighted by molar-refractivity contribution is 0.517. The van der Waals surface area contributed by atoms with Gasteiger partial charge in [-0.1, -0.05) is 18.6 Å². The van der Waals surface area contributed by atoms with Crippen molar-refractivity contribution < 1.29 is 0 Å². The predicted octanol–water partition coefficient (Wildman–Crippen LogP) is 3.12. The fraction of sp³-hybridized carbons (Fsp3) is 0.615. The SMILES string of the molecule is CC/C=C(\C)N/C(=N/C=C(C)C)N(C)CC. The van der Waals surface area contributed by atoms with E-state index in [0.29, 0.717) is 0 Å². The van der Waals surface area contributed by atoms with E-state index in [4.69, 9.17) is 0 Å². The van der Waals surface area contributed by atoms with Crippen LogP contribution in [0.25, 0.3) is 0 Å². The monoisotopic (exact) mass is 223 g/mol. The first-order valence-electron chi connectivity index (χ1n) is 5.87. The number of guanidine groups is 1. The predicted molar refractivity (Wildman–Crippen MR) is 72.4 cm³/mol. The fourth-order valence-corrected chi connectivity index (χ4v) is 1.10. The Bertz CT molecular complexity index is 284. The summed E-state index contributed by atoms with van der Waals surface area (Å²) >= 11 is 0. The molecular formula is C13H25N3. The van der Waals surface area contributed by atoms with Gasteiger partial charge in [0.05, 0.1) is 0 Å². The Morgan fingerprint density at radius 2 is 1.88 bits per heavy atom. The molecule has 0 atom stereocenters. The van der Waals surface area contributed by atoms with Crippen LogP contribution in [0.15, 0.2) is 28.5 Å². The molecule has 0 aliphatic rings. The molecule has 0 bridgehead atoms. The highest BCUT2D eigenvalue weighted by atomic mass is 15.3. The minimum Gasteiger partial charge on any atom is -0.346 e. The number of allylic oxidation sites excluding steroid dienone is 3. The molecule has 0 rings (SSSR count). The molecule has 0 saturated carbocycles. The van der Waals surface area contributed by atoms with Crippen molar-refractivity contribution in [1.82, 2.24) is 10.2 Å². The molecule has 16 heavy (non-hydrogen) atoms. The van der Waals surface area contributed by atoms with Crippen LogP contribution in [0.3, 0.4) is 0 Å². The van der Waals surface area contributed by atoms with Gasteiger partial charge in [0.2, 0.25) is 5.96 Å². The van der Waals surface area contributed by atoms with E-state index in [1.165, 1.54) is 5.57 Å². The molecule has 0 fully saturated rings. The molecule has 1 N–H and O–H groups in total. The Balaban J connectivity index is 4.75. The summed E-state index contributed by atoms with van der Waals surface area (Å²) in [5, 5.41) is 3.32. The number of hydrogen-bond acceptors (Lipinski definition) is 1. The quantitative estimate of drug-likeness (QED) is 0.586. The van der Waals surface area contributed by atoms with Gasteiger partial charge < -0.3 is 10.2 Å². The molecule has 0 heterocycles. The van der Waals surface area contributed by atoms with Crippen molar-refractivity contribution in [1.29, 1.82) is 0 Å². The van der Waals surface area contributed by atoms with E-state index < -0.39 is 0 Å². The Kier molecular flexibility index (Phi) is 7.34. The summed E-state index contributed by atoms with van der Waals surface area (Å²) in [5.41, 5.74) is 2.34. The van der Waals surface area contributed by atoms with Crippen LogP contribution in [-0.2, 0) is 0 Å². The third-order valence-electron chi connectivity index (χ3n) is 2.10. The zero-order valence-electron chi connectivity index (χ0n) is 11.5. The first-order chi connectivity index (χ1) is 7.51. The third kappa shape index (κ3) is 6.27. The van der Waals surface area contributed by atoms with Crippen LogP contribution < -0.4 is 5.32 Å². The molecule has 0 saturated heterocycles. The molecule has 92 valence electrons. The third-order valence-corrected chi connectivity index (χ3v) is 2.10. The summed E-state index contributed by atoms with van der Waals surface area (Å²) in [6.07, 6.45) is 5.07. The zero-order chi connectivity index (χ0) is 12.6. The van der Waals surface area contributed by atoms with E-state index in [1.54, 1.807) is 0 Å². The van der Waals surface area contributed by atoms with Crippen LogP contribution >= 0.6 is 0 Å². The molecule has 0 aromatic carbocycles. The number of nitrogens with zero attached hydrogens (tertiary/aromatic N) is 2. The van der Waals surface area contributed by atoms with Gasteiger partial charge in [0.1, 0.15) is 0 Å². The van der Waals surface area contributed by atoms with Crippen molar-refractivity contribution in [2.24, 2.45) is 4.99 Å². The van der Waals surface area contributed by atoms with Crippen molar-refractivity contribution in [3.05, 3.63) is 23.5 Å². The molecule has 0 aromatic heterocycles. The van der Waals surface area contributed by atoms with E-state index >= 15 is 0 Å². The highest BCUT2D eigenvalue weighted by Gasteiger charge is 2.02. The topological polar surface area (TPSA) is 27.6 Å². The highest BCUT2D eigenvalue weighted by molar-refractivity contribution is 5.81. The van der Waals surface area contributed by atoms with Gasteiger partial charge >= 0.3 is 0 Å². The standard InChI is InChI=1S/C13H25N3/c1-7-9-12(5)15-13(16(6)8-2)14-10-11(3)4/h9-10H,7-8H2,1-6H3,(H,14,15)/b12-9+. The maximum atomic E-state index is 4.44. The molecular weight excluding hydrogens is 198 g/mol.